The van der Waals surface area contributed by atoms with Crippen molar-refractivity contribution in [2.75, 3.05) is 17.7 Å². The highest BCUT2D eigenvalue weighted by atomic mass is 16.3. The van der Waals surface area contributed by atoms with Crippen LogP contribution in [0.15, 0.2) is 6.33 Å². The van der Waals surface area contributed by atoms with Crippen LogP contribution in [0.5, 0.6) is 0 Å². The van der Waals surface area contributed by atoms with E-state index in [-0.39, 0.29) is 6.61 Å². The summed E-state index contributed by atoms with van der Waals surface area (Å²) in [4.78, 5) is 8.36. The van der Waals surface area contributed by atoms with Crippen LogP contribution in [0.3, 0.4) is 0 Å². The lowest BCUT2D eigenvalue weighted by Crippen LogP contribution is -2.27. The molecule has 0 aromatic carbocycles. The SMILES string of the molecule is CCCc1c(N)ncnc1NC1CCCC1CO. The van der Waals surface area contributed by atoms with Gasteiger partial charge in [0.15, 0.2) is 0 Å². The molecule has 0 spiro atoms. The standard InChI is InChI=1S/C13H22N4O/c1-2-4-10-12(14)15-8-16-13(10)17-11-6-3-5-9(11)7-18/h8-9,11,18H,2-7H2,1H3,(H3,14,15,16,17). The highest BCUT2D eigenvalue weighted by Crippen LogP contribution is 2.29. The molecule has 0 amide bonds. The number of aliphatic hydroxyl groups excluding tert-OH is 1. The Bertz CT molecular complexity index is 397. The van der Waals surface area contributed by atoms with Crippen molar-refractivity contribution in [3.05, 3.63) is 11.9 Å². The zero-order valence-corrected chi connectivity index (χ0v) is 10.9. The summed E-state index contributed by atoms with van der Waals surface area (Å²) in [6.07, 6.45) is 6.72. The average Bonchev–Trinajstić information content (AvgIpc) is 2.81. The molecular weight excluding hydrogens is 228 g/mol. The van der Waals surface area contributed by atoms with Crippen molar-refractivity contribution < 1.29 is 5.11 Å². The van der Waals surface area contributed by atoms with E-state index in [0.717, 1.165) is 43.5 Å². The number of nitrogens with one attached hydrogen (secondary N) is 1. The second-order valence-corrected chi connectivity index (χ2v) is 4.96. The van der Waals surface area contributed by atoms with Crippen LogP contribution in [0.25, 0.3) is 0 Å². The van der Waals surface area contributed by atoms with E-state index < -0.39 is 0 Å². The molecule has 1 fully saturated rings. The first-order valence-corrected chi connectivity index (χ1v) is 6.73. The Kier molecular flexibility index (Phi) is 4.36. The lowest BCUT2D eigenvalue weighted by atomic mass is 10.0. The van der Waals surface area contributed by atoms with E-state index in [2.05, 4.69) is 22.2 Å². The van der Waals surface area contributed by atoms with Crippen LogP contribution < -0.4 is 11.1 Å². The molecule has 1 aliphatic carbocycles. The molecule has 2 unspecified atom stereocenters. The zero-order chi connectivity index (χ0) is 13.0. The number of nitrogens with two attached hydrogens (primary N) is 1. The number of nitrogen functional groups attached to an aromatic ring is 1. The van der Waals surface area contributed by atoms with E-state index in [1.165, 1.54) is 6.33 Å². The van der Waals surface area contributed by atoms with Gasteiger partial charge in [0.25, 0.3) is 0 Å². The van der Waals surface area contributed by atoms with Crippen LogP contribution in [-0.4, -0.2) is 27.7 Å². The van der Waals surface area contributed by atoms with Crippen molar-refractivity contribution in [3.63, 3.8) is 0 Å². The number of aliphatic hydroxyl groups is 1. The summed E-state index contributed by atoms with van der Waals surface area (Å²) in [5.41, 5.74) is 6.91. The molecule has 5 nitrogen and oxygen atoms in total. The molecule has 100 valence electrons. The van der Waals surface area contributed by atoms with E-state index in [1.54, 1.807) is 0 Å². The monoisotopic (exact) mass is 250 g/mol. The second-order valence-electron chi connectivity index (χ2n) is 4.96. The maximum atomic E-state index is 9.34. The van der Waals surface area contributed by atoms with E-state index in [4.69, 9.17) is 5.73 Å². The van der Waals surface area contributed by atoms with Crippen LogP contribution in [0.1, 0.15) is 38.2 Å². The number of rotatable bonds is 5. The minimum atomic E-state index is 0.237. The molecule has 0 bridgehead atoms. The fourth-order valence-electron chi connectivity index (χ4n) is 2.67. The topological polar surface area (TPSA) is 84.1 Å². The Morgan fingerprint density at radius 2 is 2.28 bits per heavy atom. The van der Waals surface area contributed by atoms with Crippen molar-refractivity contribution in [1.82, 2.24) is 9.97 Å². The molecule has 5 heteroatoms. The van der Waals surface area contributed by atoms with Gasteiger partial charge in [0.1, 0.15) is 18.0 Å². The first kappa shape index (κ1) is 13.1. The summed E-state index contributed by atoms with van der Waals surface area (Å²) >= 11 is 0. The van der Waals surface area contributed by atoms with E-state index in [9.17, 15) is 5.11 Å². The maximum Gasteiger partial charge on any atom is 0.134 e. The smallest absolute Gasteiger partial charge is 0.134 e. The molecule has 2 atom stereocenters. The van der Waals surface area contributed by atoms with Gasteiger partial charge >= 0.3 is 0 Å². The average molecular weight is 250 g/mol. The Hall–Kier alpha value is -1.36. The Morgan fingerprint density at radius 3 is 3.00 bits per heavy atom. The fourth-order valence-corrected chi connectivity index (χ4v) is 2.67. The van der Waals surface area contributed by atoms with Gasteiger partial charge in [-0.05, 0) is 19.3 Å². The van der Waals surface area contributed by atoms with Crippen molar-refractivity contribution in [3.8, 4) is 0 Å². The van der Waals surface area contributed by atoms with Gasteiger partial charge in [-0.15, -0.1) is 0 Å². The fraction of sp³-hybridized carbons (Fsp3) is 0.692. The van der Waals surface area contributed by atoms with Crippen LogP contribution in [0.4, 0.5) is 11.6 Å². The van der Waals surface area contributed by atoms with Gasteiger partial charge in [-0.1, -0.05) is 19.8 Å². The van der Waals surface area contributed by atoms with Gasteiger partial charge in [-0.3, -0.25) is 0 Å². The first-order chi connectivity index (χ1) is 8.76. The summed E-state index contributed by atoms with van der Waals surface area (Å²) in [6, 6.07) is 0.305. The van der Waals surface area contributed by atoms with Gasteiger partial charge in [0, 0.05) is 24.1 Å². The third kappa shape index (κ3) is 2.72. The molecule has 4 N–H and O–H groups in total. The molecule has 18 heavy (non-hydrogen) atoms. The van der Waals surface area contributed by atoms with Gasteiger partial charge in [0.2, 0.25) is 0 Å². The Labute approximate surface area is 108 Å². The quantitative estimate of drug-likeness (QED) is 0.739. The maximum absolute atomic E-state index is 9.34. The number of aromatic nitrogens is 2. The van der Waals surface area contributed by atoms with Crippen LogP contribution in [-0.2, 0) is 6.42 Å². The summed E-state index contributed by atoms with van der Waals surface area (Å²) in [5, 5.41) is 12.8. The van der Waals surface area contributed by atoms with Crippen LogP contribution >= 0.6 is 0 Å². The summed E-state index contributed by atoms with van der Waals surface area (Å²) in [5.74, 6) is 1.73. The first-order valence-electron chi connectivity index (χ1n) is 6.73. The van der Waals surface area contributed by atoms with Crippen molar-refractivity contribution >= 4 is 11.6 Å². The van der Waals surface area contributed by atoms with Gasteiger partial charge in [-0.25, -0.2) is 9.97 Å². The number of hydrogen-bond acceptors (Lipinski definition) is 5. The number of nitrogens with zero attached hydrogens (tertiary/aromatic N) is 2. The minimum Gasteiger partial charge on any atom is -0.396 e. The van der Waals surface area contributed by atoms with E-state index in [0.29, 0.717) is 17.8 Å². The molecule has 0 radical (unpaired) electrons. The predicted molar refractivity (Wildman–Crippen MR) is 72.3 cm³/mol. The molecule has 1 aliphatic rings. The Morgan fingerprint density at radius 1 is 1.44 bits per heavy atom. The third-order valence-electron chi connectivity index (χ3n) is 3.69. The number of hydrogen-bond donors (Lipinski definition) is 3. The van der Waals surface area contributed by atoms with Gasteiger partial charge in [0.05, 0.1) is 0 Å². The molecule has 1 aromatic heterocycles. The van der Waals surface area contributed by atoms with Crippen LogP contribution in [0.2, 0.25) is 0 Å². The minimum absolute atomic E-state index is 0.237. The largest absolute Gasteiger partial charge is 0.396 e. The van der Waals surface area contributed by atoms with Crippen molar-refractivity contribution in [1.29, 1.82) is 0 Å². The summed E-state index contributed by atoms with van der Waals surface area (Å²) in [7, 11) is 0. The molecule has 0 aliphatic heterocycles. The lowest BCUT2D eigenvalue weighted by Gasteiger charge is -2.21. The molecule has 2 rings (SSSR count). The summed E-state index contributed by atoms with van der Waals surface area (Å²) < 4.78 is 0. The zero-order valence-electron chi connectivity index (χ0n) is 10.9. The van der Waals surface area contributed by atoms with Gasteiger partial charge < -0.3 is 16.2 Å². The molecule has 1 aromatic rings. The van der Waals surface area contributed by atoms with Crippen molar-refractivity contribution in [2.24, 2.45) is 5.92 Å². The normalized spacial score (nSPS) is 23.2. The van der Waals surface area contributed by atoms with E-state index in [1.807, 2.05) is 0 Å². The molecule has 0 saturated heterocycles. The number of anilines is 2. The Balaban J connectivity index is 2.15. The molecule has 1 saturated carbocycles. The van der Waals surface area contributed by atoms with Gasteiger partial charge in [-0.2, -0.15) is 0 Å². The van der Waals surface area contributed by atoms with Crippen molar-refractivity contribution in [2.45, 2.75) is 45.1 Å². The highest BCUT2D eigenvalue weighted by molar-refractivity contribution is 5.55. The lowest BCUT2D eigenvalue weighted by molar-refractivity contribution is 0.222. The predicted octanol–water partition coefficient (Wildman–Crippen LogP) is 1.58. The second kappa shape index (κ2) is 6.00. The third-order valence-corrected chi connectivity index (χ3v) is 3.69. The van der Waals surface area contributed by atoms with Crippen LogP contribution in [0, 0.1) is 5.92 Å². The highest BCUT2D eigenvalue weighted by Gasteiger charge is 2.27. The summed E-state index contributed by atoms with van der Waals surface area (Å²) in [6.45, 7) is 2.35. The van der Waals surface area contributed by atoms with E-state index >= 15 is 0 Å². The molecular formula is C13H22N4O. The molecule has 1 heterocycles.